The van der Waals surface area contributed by atoms with Crippen LogP contribution in [-0.4, -0.2) is 31.1 Å². The van der Waals surface area contributed by atoms with Gasteiger partial charge in [0, 0.05) is 12.6 Å². The van der Waals surface area contributed by atoms with Gasteiger partial charge in [0.25, 0.3) is 5.91 Å². The lowest BCUT2D eigenvalue weighted by molar-refractivity contribution is -0.128. The van der Waals surface area contributed by atoms with Crippen LogP contribution in [0.4, 0.5) is 0 Å². The number of carbonyl (C=O) groups excluding carboxylic acids is 1. The van der Waals surface area contributed by atoms with Crippen molar-refractivity contribution in [2.24, 2.45) is 0 Å². The Morgan fingerprint density at radius 3 is 2.89 bits per heavy atom. The van der Waals surface area contributed by atoms with Crippen molar-refractivity contribution in [2.75, 3.05) is 13.1 Å². The van der Waals surface area contributed by atoms with Gasteiger partial charge in [-0.3, -0.25) is 4.79 Å². The second-order valence-electron chi connectivity index (χ2n) is 4.62. The molecule has 1 fully saturated rings. The summed E-state index contributed by atoms with van der Waals surface area (Å²) in [5.41, 5.74) is 0. The first-order valence-electron chi connectivity index (χ1n) is 6.48. The minimum atomic E-state index is -0.464. The third kappa shape index (κ3) is 3.74. The summed E-state index contributed by atoms with van der Waals surface area (Å²) in [5.74, 6) is 0.675. The molecule has 0 saturated carbocycles. The Morgan fingerprint density at radius 1 is 1.44 bits per heavy atom. The smallest absolute Gasteiger partial charge is 0.261 e. The van der Waals surface area contributed by atoms with Gasteiger partial charge in [-0.2, -0.15) is 0 Å². The van der Waals surface area contributed by atoms with Crippen LogP contribution in [0.1, 0.15) is 19.8 Å². The van der Waals surface area contributed by atoms with Crippen LogP contribution in [0.3, 0.4) is 0 Å². The largest absolute Gasteiger partial charge is 0.481 e. The van der Waals surface area contributed by atoms with Crippen LogP contribution < -0.4 is 15.4 Å². The van der Waals surface area contributed by atoms with Gasteiger partial charge in [-0.1, -0.05) is 18.2 Å². The van der Waals surface area contributed by atoms with E-state index < -0.39 is 6.10 Å². The molecule has 1 amide bonds. The maximum absolute atomic E-state index is 12.0. The molecule has 0 spiro atoms. The van der Waals surface area contributed by atoms with E-state index in [1.165, 1.54) is 0 Å². The summed E-state index contributed by atoms with van der Waals surface area (Å²) < 4.78 is 5.59. The monoisotopic (exact) mass is 248 g/mol. The van der Waals surface area contributed by atoms with Gasteiger partial charge in [-0.15, -0.1) is 0 Å². The number of rotatable bonds is 4. The van der Waals surface area contributed by atoms with Crippen LogP contribution in [0.25, 0.3) is 0 Å². The van der Waals surface area contributed by atoms with Crippen LogP contribution in [0.15, 0.2) is 30.3 Å². The molecule has 1 aliphatic rings. The molecule has 0 aliphatic carbocycles. The van der Waals surface area contributed by atoms with Gasteiger partial charge in [0.15, 0.2) is 6.10 Å². The standard InChI is InChI=1S/C14H20N2O2/c1-11(18-13-7-3-2-4-8-13)14(17)16-12-6-5-9-15-10-12/h2-4,7-8,11-12,15H,5-6,9-10H2,1H3,(H,16,17). The average Bonchev–Trinajstić information content (AvgIpc) is 2.41. The zero-order valence-corrected chi connectivity index (χ0v) is 10.7. The van der Waals surface area contributed by atoms with Gasteiger partial charge in [-0.05, 0) is 38.4 Å². The molecule has 0 aromatic heterocycles. The molecule has 2 N–H and O–H groups in total. The quantitative estimate of drug-likeness (QED) is 0.845. The number of nitrogens with one attached hydrogen (secondary N) is 2. The van der Waals surface area contributed by atoms with Crippen molar-refractivity contribution in [1.29, 1.82) is 0 Å². The molecule has 1 saturated heterocycles. The van der Waals surface area contributed by atoms with E-state index in [2.05, 4.69) is 10.6 Å². The summed E-state index contributed by atoms with van der Waals surface area (Å²) in [4.78, 5) is 12.0. The van der Waals surface area contributed by atoms with Crippen LogP contribution in [0, 0.1) is 0 Å². The van der Waals surface area contributed by atoms with Crippen LogP contribution >= 0.6 is 0 Å². The molecule has 1 aromatic rings. The van der Waals surface area contributed by atoms with Crippen LogP contribution in [0.2, 0.25) is 0 Å². The Bertz CT molecular complexity index is 375. The van der Waals surface area contributed by atoms with Crippen molar-refractivity contribution in [3.63, 3.8) is 0 Å². The fourth-order valence-corrected chi connectivity index (χ4v) is 2.05. The summed E-state index contributed by atoms with van der Waals surface area (Å²) in [6, 6.07) is 9.65. The highest BCUT2D eigenvalue weighted by Crippen LogP contribution is 2.11. The summed E-state index contributed by atoms with van der Waals surface area (Å²) in [7, 11) is 0. The van der Waals surface area contributed by atoms with Crippen molar-refractivity contribution in [3.05, 3.63) is 30.3 Å². The number of para-hydroxylation sites is 1. The molecular formula is C14H20N2O2. The van der Waals surface area contributed by atoms with Crippen molar-refractivity contribution in [2.45, 2.75) is 31.9 Å². The Balaban J connectivity index is 1.81. The molecule has 0 bridgehead atoms. The molecule has 4 nitrogen and oxygen atoms in total. The highest BCUT2D eigenvalue weighted by atomic mass is 16.5. The van der Waals surface area contributed by atoms with Gasteiger partial charge in [0.1, 0.15) is 5.75 Å². The van der Waals surface area contributed by atoms with Gasteiger partial charge >= 0.3 is 0 Å². The number of piperidine rings is 1. The van der Waals surface area contributed by atoms with E-state index in [0.717, 1.165) is 31.7 Å². The number of hydrogen-bond acceptors (Lipinski definition) is 3. The van der Waals surface area contributed by atoms with Gasteiger partial charge in [0.2, 0.25) is 0 Å². The van der Waals surface area contributed by atoms with E-state index in [1.54, 1.807) is 6.92 Å². The summed E-state index contributed by atoms with van der Waals surface area (Å²) in [5, 5.41) is 6.29. The number of benzene rings is 1. The number of amides is 1. The minimum Gasteiger partial charge on any atom is -0.481 e. The predicted octanol–water partition coefficient (Wildman–Crippen LogP) is 1.32. The fourth-order valence-electron chi connectivity index (χ4n) is 2.05. The molecule has 2 atom stereocenters. The molecule has 0 radical (unpaired) electrons. The first kappa shape index (κ1) is 12.9. The van der Waals surface area contributed by atoms with Crippen LogP contribution in [-0.2, 0) is 4.79 Å². The number of ether oxygens (including phenoxy) is 1. The predicted molar refractivity (Wildman–Crippen MR) is 70.6 cm³/mol. The number of carbonyl (C=O) groups is 1. The maximum Gasteiger partial charge on any atom is 0.261 e. The van der Waals surface area contributed by atoms with Gasteiger partial charge in [-0.25, -0.2) is 0 Å². The molecule has 1 aromatic carbocycles. The first-order chi connectivity index (χ1) is 8.75. The van der Waals surface area contributed by atoms with E-state index in [1.807, 2.05) is 30.3 Å². The van der Waals surface area contributed by atoms with E-state index in [0.29, 0.717) is 0 Å². The minimum absolute atomic E-state index is 0.0486. The lowest BCUT2D eigenvalue weighted by Gasteiger charge is -2.25. The fraction of sp³-hybridized carbons (Fsp3) is 0.500. The van der Waals surface area contributed by atoms with Gasteiger partial charge in [0.05, 0.1) is 0 Å². The van der Waals surface area contributed by atoms with Crippen molar-refractivity contribution in [1.82, 2.24) is 10.6 Å². The second kappa shape index (κ2) is 6.40. The van der Waals surface area contributed by atoms with Gasteiger partial charge < -0.3 is 15.4 Å². The van der Waals surface area contributed by atoms with Crippen molar-refractivity contribution >= 4 is 5.91 Å². The zero-order chi connectivity index (χ0) is 12.8. The second-order valence-corrected chi connectivity index (χ2v) is 4.62. The molecular weight excluding hydrogens is 228 g/mol. The Labute approximate surface area is 108 Å². The van der Waals surface area contributed by atoms with E-state index in [-0.39, 0.29) is 11.9 Å². The molecule has 98 valence electrons. The molecule has 2 unspecified atom stereocenters. The molecule has 1 heterocycles. The topological polar surface area (TPSA) is 50.4 Å². The highest BCUT2D eigenvalue weighted by Gasteiger charge is 2.20. The average molecular weight is 248 g/mol. The van der Waals surface area contributed by atoms with E-state index in [4.69, 9.17) is 4.74 Å². The summed E-state index contributed by atoms with van der Waals surface area (Å²) in [6.07, 6.45) is 1.68. The Kier molecular flexibility index (Phi) is 4.59. The Hall–Kier alpha value is -1.55. The highest BCUT2D eigenvalue weighted by molar-refractivity contribution is 5.81. The maximum atomic E-state index is 12.0. The van der Waals surface area contributed by atoms with E-state index in [9.17, 15) is 4.79 Å². The third-order valence-electron chi connectivity index (χ3n) is 3.07. The lowest BCUT2D eigenvalue weighted by Crippen LogP contribution is -2.49. The zero-order valence-electron chi connectivity index (χ0n) is 10.7. The normalized spacial score (nSPS) is 21.1. The molecule has 1 aliphatic heterocycles. The molecule has 2 rings (SSSR count). The SMILES string of the molecule is CC(Oc1ccccc1)C(=O)NC1CCCNC1. The van der Waals surface area contributed by atoms with Crippen LogP contribution in [0.5, 0.6) is 5.75 Å². The summed E-state index contributed by atoms with van der Waals surface area (Å²) in [6.45, 7) is 3.67. The first-order valence-corrected chi connectivity index (χ1v) is 6.48. The molecule has 4 heteroatoms. The lowest BCUT2D eigenvalue weighted by atomic mass is 10.1. The summed E-state index contributed by atoms with van der Waals surface area (Å²) >= 11 is 0. The third-order valence-corrected chi connectivity index (χ3v) is 3.07. The van der Waals surface area contributed by atoms with Crippen molar-refractivity contribution < 1.29 is 9.53 Å². The Morgan fingerprint density at radius 2 is 2.22 bits per heavy atom. The number of hydrogen-bond donors (Lipinski definition) is 2. The van der Waals surface area contributed by atoms with Crippen molar-refractivity contribution in [3.8, 4) is 5.75 Å². The van der Waals surface area contributed by atoms with E-state index >= 15 is 0 Å². The molecule has 18 heavy (non-hydrogen) atoms.